The first-order chi connectivity index (χ1) is 9.98. The number of carbonyl (C=O) groups excluding carboxylic acids is 1. The van der Waals surface area contributed by atoms with Crippen LogP contribution in [0, 0.1) is 11.3 Å². The average molecular weight is 295 g/mol. The molecule has 3 N–H and O–H groups in total. The molecule has 3 unspecified atom stereocenters. The van der Waals surface area contributed by atoms with Crippen LogP contribution in [0.4, 0.5) is 0 Å². The van der Waals surface area contributed by atoms with Gasteiger partial charge in [0.15, 0.2) is 0 Å². The number of piperidine rings is 1. The zero-order valence-corrected chi connectivity index (χ0v) is 13.3. The van der Waals surface area contributed by atoms with Crippen molar-refractivity contribution in [1.82, 2.24) is 10.2 Å². The molecule has 0 aromatic carbocycles. The summed E-state index contributed by atoms with van der Waals surface area (Å²) >= 11 is 0. The molecule has 1 amide bonds. The second kappa shape index (κ2) is 5.86. The van der Waals surface area contributed by atoms with Crippen molar-refractivity contribution in [2.24, 2.45) is 17.1 Å². The van der Waals surface area contributed by atoms with Gasteiger partial charge in [-0.25, -0.2) is 0 Å². The van der Waals surface area contributed by atoms with Crippen LogP contribution >= 0.6 is 0 Å². The van der Waals surface area contributed by atoms with Crippen LogP contribution in [-0.2, 0) is 9.53 Å². The number of likely N-dealkylation sites (tertiary alicyclic amines) is 1. The number of hydrogen-bond acceptors (Lipinski definition) is 4. The summed E-state index contributed by atoms with van der Waals surface area (Å²) in [5, 5.41) is 3.90. The molecule has 120 valence electrons. The smallest absolute Gasteiger partial charge is 0.231 e. The lowest BCUT2D eigenvalue weighted by Gasteiger charge is -2.61. The third-order valence-corrected chi connectivity index (χ3v) is 5.71. The number of carbonyl (C=O) groups is 1. The summed E-state index contributed by atoms with van der Waals surface area (Å²) in [4.78, 5) is 13.1. The molecule has 1 saturated carbocycles. The Kier molecular flexibility index (Phi) is 4.26. The lowest BCUT2D eigenvalue weighted by atomic mass is 9.55. The lowest BCUT2D eigenvalue weighted by molar-refractivity contribution is -0.195. The van der Waals surface area contributed by atoms with E-state index >= 15 is 0 Å². The first kappa shape index (κ1) is 15.3. The van der Waals surface area contributed by atoms with Gasteiger partial charge in [0.2, 0.25) is 5.91 Å². The first-order valence-corrected chi connectivity index (χ1v) is 8.37. The van der Waals surface area contributed by atoms with E-state index in [2.05, 4.69) is 24.1 Å². The highest BCUT2D eigenvalue weighted by molar-refractivity contribution is 5.75. The van der Waals surface area contributed by atoms with Gasteiger partial charge < -0.3 is 15.8 Å². The Morgan fingerprint density at radius 3 is 2.71 bits per heavy atom. The van der Waals surface area contributed by atoms with Crippen molar-refractivity contribution in [2.75, 3.05) is 26.2 Å². The highest BCUT2D eigenvalue weighted by Gasteiger charge is 2.58. The molecule has 0 bridgehead atoms. The first-order valence-electron chi connectivity index (χ1n) is 8.37. The predicted molar refractivity (Wildman–Crippen MR) is 81.8 cm³/mol. The number of hydrogen-bond donors (Lipinski definition) is 2. The number of rotatable bonds is 4. The van der Waals surface area contributed by atoms with Crippen LogP contribution in [0.1, 0.15) is 39.5 Å². The van der Waals surface area contributed by atoms with E-state index in [4.69, 9.17) is 10.5 Å². The second-order valence-electron chi connectivity index (χ2n) is 7.58. The van der Waals surface area contributed by atoms with Gasteiger partial charge in [0.1, 0.15) is 0 Å². The molecule has 3 rings (SSSR count). The number of fused-ring (bicyclic) bond motifs is 1. The fourth-order valence-electron chi connectivity index (χ4n) is 4.59. The van der Waals surface area contributed by atoms with E-state index in [1.54, 1.807) is 0 Å². The number of amides is 1. The zero-order valence-electron chi connectivity index (χ0n) is 13.3. The molecular weight excluding hydrogens is 266 g/mol. The molecule has 0 spiro atoms. The van der Waals surface area contributed by atoms with Crippen molar-refractivity contribution in [1.29, 1.82) is 0 Å². The maximum absolute atomic E-state index is 11.0. The van der Waals surface area contributed by atoms with Crippen molar-refractivity contribution >= 4 is 5.91 Å². The molecule has 21 heavy (non-hydrogen) atoms. The van der Waals surface area contributed by atoms with Gasteiger partial charge in [-0.15, -0.1) is 0 Å². The lowest BCUT2D eigenvalue weighted by Crippen LogP contribution is -2.71. The topological polar surface area (TPSA) is 67.6 Å². The van der Waals surface area contributed by atoms with Crippen LogP contribution in [0.2, 0.25) is 0 Å². The van der Waals surface area contributed by atoms with Crippen LogP contribution in [0.5, 0.6) is 0 Å². The van der Waals surface area contributed by atoms with Gasteiger partial charge in [-0.1, -0.05) is 13.8 Å². The number of primary amides is 1. The monoisotopic (exact) mass is 295 g/mol. The predicted octanol–water partition coefficient (Wildman–Crippen LogP) is 0.729. The molecule has 2 saturated heterocycles. The Labute approximate surface area is 127 Å². The molecule has 0 aromatic rings. The van der Waals surface area contributed by atoms with Gasteiger partial charge >= 0.3 is 0 Å². The fraction of sp³-hybridized carbons (Fsp3) is 0.938. The number of nitrogens with one attached hydrogen (secondary N) is 1. The SMILES string of the molecule is CC1(C)C(NC2CCN(CC(N)=O)CC2)C2CCCOC21. The molecule has 0 radical (unpaired) electrons. The Morgan fingerprint density at radius 1 is 1.33 bits per heavy atom. The summed E-state index contributed by atoms with van der Waals surface area (Å²) in [7, 11) is 0. The van der Waals surface area contributed by atoms with Crippen LogP contribution in [-0.4, -0.2) is 55.2 Å². The Hall–Kier alpha value is -0.650. The maximum atomic E-state index is 11.0. The molecule has 1 aliphatic carbocycles. The van der Waals surface area contributed by atoms with Crippen LogP contribution in [0.3, 0.4) is 0 Å². The van der Waals surface area contributed by atoms with E-state index in [0.29, 0.717) is 30.7 Å². The maximum Gasteiger partial charge on any atom is 0.231 e. The highest BCUT2D eigenvalue weighted by Crippen LogP contribution is 2.51. The number of nitrogens with two attached hydrogens (primary N) is 1. The Bertz CT molecular complexity index is 391. The highest BCUT2D eigenvalue weighted by atomic mass is 16.5. The molecule has 5 nitrogen and oxygen atoms in total. The number of nitrogens with zero attached hydrogens (tertiary/aromatic N) is 1. The average Bonchev–Trinajstić information content (AvgIpc) is 2.46. The van der Waals surface area contributed by atoms with Gasteiger partial charge in [-0.2, -0.15) is 0 Å². The minimum Gasteiger partial charge on any atom is -0.377 e. The van der Waals surface area contributed by atoms with Crippen LogP contribution in [0.25, 0.3) is 0 Å². The summed E-state index contributed by atoms with van der Waals surface area (Å²) in [5.74, 6) is 0.473. The molecular formula is C16H29N3O2. The van der Waals surface area contributed by atoms with Gasteiger partial charge in [-0.3, -0.25) is 9.69 Å². The number of ether oxygens (including phenoxy) is 1. The molecule has 3 fully saturated rings. The fourth-order valence-corrected chi connectivity index (χ4v) is 4.59. The van der Waals surface area contributed by atoms with E-state index in [1.165, 1.54) is 12.8 Å². The van der Waals surface area contributed by atoms with Crippen molar-refractivity contribution < 1.29 is 9.53 Å². The summed E-state index contributed by atoms with van der Waals surface area (Å²) in [6, 6.07) is 1.15. The van der Waals surface area contributed by atoms with E-state index in [1.807, 2.05) is 0 Å². The quantitative estimate of drug-likeness (QED) is 0.802. The molecule has 3 atom stereocenters. The normalized spacial score (nSPS) is 36.8. The van der Waals surface area contributed by atoms with Gasteiger partial charge in [0, 0.05) is 43.1 Å². The van der Waals surface area contributed by atoms with Gasteiger partial charge in [0.25, 0.3) is 0 Å². The summed E-state index contributed by atoms with van der Waals surface area (Å²) in [6.45, 7) is 7.94. The molecule has 5 heteroatoms. The Morgan fingerprint density at radius 2 is 2.05 bits per heavy atom. The van der Waals surface area contributed by atoms with Crippen molar-refractivity contribution in [3.8, 4) is 0 Å². The standard InChI is InChI=1S/C16H29N3O2/c1-16(2)14(12-4-3-9-21-15(12)16)18-11-5-7-19(8-6-11)10-13(17)20/h11-12,14-15,18H,3-10H2,1-2H3,(H2,17,20). The minimum absolute atomic E-state index is 0.219. The van der Waals surface area contributed by atoms with E-state index in [-0.39, 0.29) is 11.3 Å². The van der Waals surface area contributed by atoms with Crippen LogP contribution in [0.15, 0.2) is 0 Å². The summed E-state index contributed by atoms with van der Waals surface area (Å²) in [6.07, 6.45) is 5.16. The minimum atomic E-state index is -0.219. The van der Waals surface area contributed by atoms with Gasteiger partial charge in [-0.05, 0) is 25.7 Å². The molecule has 0 aromatic heterocycles. The molecule has 3 aliphatic rings. The van der Waals surface area contributed by atoms with E-state index in [9.17, 15) is 4.79 Å². The third-order valence-electron chi connectivity index (χ3n) is 5.71. The van der Waals surface area contributed by atoms with E-state index in [0.717, 1.165) is 32.5 Å². The summed E-state index contributed by atoms with van der Waals surface area (Å²) < 4.78 is 5.97. The zero-order chi connectivity index (χ0) is 15.0. The van der Waals surface area contributed by atoms with Crippen molar-refractivity contribution in [2.45, 2.75) is 57.7 Å². The summed E-state index contributed by atoms with van der Waals surface area (Å²) in [5.41, 5.74) is 5.51. The molecule has 2 heterocycles. The third kappa shape index (κ3) is 2.96. The second-order valence-corrected chi connectivity index (χ2v) is 7.58. The van der Waals surface area contributed by atoms with Crippen LogP contribution < -0.4 is 11.1 Å². The van der Waals surface area contributed by atoms with Crippen molar-refractivity contribution in [3.63, 3.8) is 0 Å². The van der Waals surface area contributed by atoms with Crippen molar-refractivity contribution in [3.05, 3.63) is 0 Å². The van der Waals surface area contributed by atoms with Gasteiger partial charge in [0.05, 0.1) is 12.6 Å². The largest absolute Gasteiger partial charge is 0.377 e. The Balaban J connectivity index is 1.50. The van der Waals surface area contributed by atoms with E-state index < -0.39 is 0 Å². The molecule has 2 aliphatic heterocycles.